The molecule has 0 radical (unpaired) electrons. The van der Waals surface area contributed by atoms with E-state index in [-0.39, 0.29) is 24.0 Å². The molecule has 4 N–H and O–H groups in total. The van der Waals surface area contributed by atoms with E-state index in [4.69, 9.17) is 4.74 Å². The van der Waals surface area contributed by atoms with Gasteiger partial charge in [-0.25, -0.2) is 9.98 Å². The number of H-pyrrole nitrogens is 1. The Balaban J connectivity index is 0.00000320. The van der Waals surface area contributed by atoms with Crippen molar-refractivity contribution in [2.75, 3.05) is 20.2 Å². The lowest BCUT2D eigenvalue weighted by Gasteiger charge is -2.24. The monoisotopic (exact) mass is 542 g/mol. The predicted molar refractivity (Wildman–Crippen MR) is 130 cm³/mol. The van der Waals surface area contributed by atoms with Crippen LogP contribution >= 0.6 is 35.3 Å². The van der Waals surface area contributed by atoms with Gasteiger partial charge in [0.1, 0.15) is 23.7 Å². The van der Waals surface area contributed by atoms with Gasteiger partial charge in [0.2, 0.25) is 0 Å². The second kappa shape index (κ2) is 11.3. The van der Waals surface area contributed by atoms with Crippen LogP contribution in [0.2, 0.25) is 0 Å². The first-order valence-electron chi connectivity index (χ1n) is 9.35. The number of ether oxygens (including phenoxy) is 1. The highest BCUT2D eigenvalue weighted by Gasteiger charge is 2.23. The van der Waals surface area contributed by atoms with E-state index in [0.29, 0.717) is 37.2 Å². The number of aliphatic imine (C=N–C) groups is 1. The van der Waals surface area contributed by atoms with Crippen molar-refractivity contribution in [3.8, 4) is 17.1 Å². The minimum Gasteiger partial charge on any atom is -0.497 e. The van der Waals surface area contributed by atoms with Crippen molar-refractivity contribution < 1.29 is 9.84 Å². The van der Waals surface area contributed by atoms with Gasteiger partial charge in [-0.2, -0.15) is 16.4 Å². The molecule has 0 spiro atoms. The Morgan fingerprint density at radius 1 is 1.27 bits per heavy atom. The van der Waals surface area contributed by atoms with Crippen LogP contribution in [-0.2, 0) is 12.1 Å². The number of halogens is 1. The molecule has 10 heteroatoms. The minimum atomic E-state index is -0.982. The van der Waals surface area contributed by atoms with Crippen LogP contribution in [0.4, 0.5) is 0 Å². The molecule has 3 rings (SSSR count). The fourth-order valence-electron chi connectivity index (χ4n) is 2.66. The maximum absolute atomic E-state index is 10.7. The summed E-state index contributed by atoms with van der Waals surface area (Å²) in [6.07, 6.45) is 0. The number of hydrogen-bond acceptors (Lipinski definition) is 6. The van der Waals surface area contributed by atoms with Gasteiger partial charge in [0.25, 0.3) is 0 Å². The third-order valence-electron chi connectivity index (χ3n) is 4.35. The predicted octanol–water partition coefficient (Wildman–Crippen LogP) is 3.12. The molecule has 1 unspecified atom stereocenters. The number of nitrogens with zero attached hydrogens (tertiary/aromatic N) is 3. The maximum Gasteiger partial charge on any atom is 0.191 e. The highest BCUT2D eigenvalue weighted by Crippen LogP contribution is 2.22. The summed E-state index contributed by atoms with van der Waals surface area (Å²) < 4.78 is 5.17. The molecule has 0 aliphatic carbocycles. The summed E-state index contributed by atoms with van der Waals surface area (Å²) in [6.45, 7) is 5.15. The topological polar surface area (TPSA) is 107 Å². The summed E-state index contributed by atoms with van der Waals surface area (Å²) in [6, 6.07) is 9.48. The highest BCUT2D eigenvalue weighted by atomic mass is 127. The third kappa shape index (κ3) is 6.41. The summed E-state index contributed by atoms with van der Waals surface area (Å²) in [5.74, 6) is 2.65. The molecule has 8 nitrogen and oxygen atoms in total. The summed E-state index contributed by atoms with van der Waals surface area (Å²) in [5.41, 5.74) is 0.795. The molecule has 3 aromatic rings. The van der Waals surface area contributed by atoms with E-state index in [2.05, 4.69) is 30.8 Å². The minimum absolute atomic E-state index is 0. The fraction of sp³-hybridized carbons (Fsp3) is 0.350. The number of thiophene rings is 1. The molecule has 2 aromatic heterocycles. The number of guanidine groups is 1. The van der Waals surface area contributed by atoms with Gasteiger partial charge in [-0.1, -0.05) is 0 Å². The number of nitrogens with one attached hydrogen (secondary N) is 3. The van der Waals surface area contributed by atoms with Crippen LogP contribution in [-0.4, -0.2) is 46.4 Å². The Morgan fingerprint density at radius 2 is 2.03 bits per heavy atom. The fourth-order valence-corrected chi connectivity index (χ4v) is 3.44. The zero-order chi connectivity index (χ0) is 20.7. The smallest absolute Gasteiger partial charge is 0.191 e. The Kier molecular flexibility index (Phi) is 9.06. The van der Waals surface area contributed by atoms with Gasteiger partial charge in [0, 0.05) is 12.1 Å². The molecule has 1 atom stereocenters. The van der Waals surface area contributed by atoms with Crippen molar-refractivity contribution >= 4 is 41.3 Å². The first kappa shape index (κ1) is 24.1. The average molecular weight is 542 g/mol. The van der Waals surface area contributed by atoms with E-state index in [0.717, 1.165) is 16.9 Å². The van der Waals surface area contributed by atoms with Gasteiger partial charge in [0.15, 0.2) is 11.8 Å². The van der Waals surface area contributed by atoms with Crippen LogP contribution < -0.4 is 15.4 Å². The molecule has 2 heterocycles. The summed E-state index contributed by atoms with van der Waals surface area (Å²) in [7, 11) is 1.63. The number of hydrogen-bond donors (Lipinski definition) is 4. The molecule has 0 aliphatic heterocycles. The van der Waals surface area contributed by atoms with Gasteiger partial charge in [-0.05, 0) is 60.5 Å². The Hall–Kier alpha value is -2.18. The van der Waals surface area contributed by atoms with Crippen LogP contribution in [0.15, 0.2) is 46.1 Å². The number of aromatic nitrogens is 3. The molecule has 0 bridgehead atoms. The normalized spacial score (nSPS) is 13.3. The molecule has 0 saturated carbocycles. The molecule has 30 heavy (non-hydrogen) atoms. The van der Waals surface area contributed by atoms with Crippen molar-refractivity contribution in [1.82, 2.24) is 25.8 Å². The van der Waals surface area contributed by atoms with Crippen LogP contribution in [0.25, 0.3) is 11.4 Å². The largest absolute Gasteiger partial charge is 0.497 e. The lowest BCUT2D eigenvalue weighted by molar-refractivity contribution is 0.0621. The van der Waals surface area contributed by atoms with E-state index >= 15 is 0 Å². The molecule has 162 valence electrons. The Morgan fingerprint density at radius 3 is 2.67 bits per heavy atom. The summed E-state index contributed by atoms with van der Waals surface area (Å²) in [4.78, 5) is 9.03. The van der Waals surface area contributed by atoms with Crippen molar-refractivity contribution in [3.63, 3.8) is 0 Å². The van der Waals surface area contributed by atoms with E-state index in [1.807, 2.05) is 48.0 Å². The van der Waals surface area contributed by atoms with Crippen LogP contribution in [0, 0.1) is 0 Å². The van der Waals surface area contributed by atoms with E-state index in [9.17, 15) is 5.11 Å². The van der Waals surface area contributed by atoms with Gasteiger partial charge in [-0.3, -0.25) is 5.10 Å². The van der Waals surface area contributed by atoms with Gasteiger partial charge in [-0.15, -0.1) is 24.0 Å². The lowest BCUT2D eigenvalue weighted by Crippen LogP contribution is -2.44. The first-order chi connectivity index (χ1) is 14.0. The van der Waals surface area contributed by atoms with Crippen LogP contribution in [0.1, 0.15) is 25.2 Å². The maximum atomic E-state index is 10.7. The second-order valence-electron chi connectivity index (χ2n) is 6.67. The third-order valence-corrected chi connectivity index (χ3v) is 5.04. The summed E-state index contributed by atoms with van der Waals surface area (Å²) >= 11 is 1.56. The van der Waals surface area contributed by atoms with Crippen LogP contribution in [0.5, 0.6) is 5.75 Å². The molecular formula is C20H27IN6O2S. The Bertz CT molecular complexity index is 925. The number of aliphatic hydroxyl groups is 1. The molecule has 0 aliphatic rings. The quantitative estimate of drug-likeness (QED) is 0.198. The molecular weight excluding hydrogens is 515 g/mol. The average Bonchev–Trinajstić information content (AvgIpc) is 3.43. The van der Waals surface area contributed by atoms with Gasteiger partial charge >= 0.3 is 0 Å². The zero-order valence-corrected chi connectivity index (χ0v) is 20.3. The van der Waals surface area contributed by atoms with Crippen LogP contribution in [0.3, 0.4) is 0 Å². The van der Waals surface area contributed by atoms with Crippen molar-refractivity contribution in [3.05, 3.63) is 52.5 Å². The number of aromatic amines is 1. The zero-order valence-electron chi connectivity index (χ0n) is 17.2. The van der Waals surface area contributed by atoms with E-state index in [1.165, 1.54) is 0 Å². The van der Waals surface area contributed by atoms with Gasteiger partial charge < -0.3 is 20.5 Å². The van der Waals surface area contributed by atoms with E-state index in [1.54, 1.807) is 25.4 Å². The SMILES string of the molecule is CCNC(=NCc1nc(-c2ccc(OC)cc2)n[nH]1)NCC(C)(O)c1ccsc1.I. The second-order valence-corrected chi connectivity index (χ2v) is 7.45. The number of methoxy groups -OCH3 is 1. The van der Waals surface area contributed by atoms with Crippen molar-refractivity contribution in [2.45, 2.75) is 26.0 Å². The molecule has 1 aromatic carbocycles. The molecule has 0 amide bonds. The standard InChI is InChI=1S/C20H26N6O2S.HI/c1-4-21-19(23-13-20(2,27)15-9-10-29-12-15)22-11-17-24-18(26-25-17)14-5-7-16(28-3)8-6-14;/h5-10,12,27H,4,11,13H2,1-3H3,(H2,21,22,23)(H,24,25,26);1H. The molecule has 0 fully saturated rings. The highest BCUT2D eigenvalue weighted by molar-refractivity contribution is 14.0. The lowest BCUT2D eigenvalue weighted by atomic mass is 9.99. The van der Waals surface area contributed by atoms with Crippen molar-refractivity contribution in [2.24, 2.45) is 4.99 Å². The number of rotatable bonds is 8. The first-order valence-corrected chi connectivity index (χ1v) is 10.3. The summed E-state index contributed by atoms with van der Waals surface area (Å²) in [5, 5.41) is 28.1. The number of benzene rings is 1. The van der Waals surface area contributed by atoms with E-state index < -0.39 is 5.60 Å². The molecule has 0 saturated heterocycles. The Labute approximate surface area is 197 Å². The van der Waals surface area contributed by atoms with Gasteiger partial charge in [0.05, 0.1) is 13.7 Å². The van der Waals surface area contributed by atoms with Crippen molar-refractivity contribution in [1.29, 1.82) is 0 Å².